The Labute approximate surface area is 251 Å². The van der Waals surface area contributed by atoms with Gasteiger partial charge in [0.1, 0.15) is 17.0 Å². The Bertz CT molecular complexity index is 1770. The van der Waals surface area contributed by atoms with Crippen molar-refractivity contribution < 1.29 is 4.79 Å². The molecular weight excluding hydrogens is 536 g/mol. The first-order valence-corrected chi connectivity index (χ1v) is 15.6. The molecule has 0 spiro atoms. The Hall–Kier alpha value is -4.30. The van der Waals surface area contributed by atoms with Gasteiger partial charge in [-0.1, -0.05) is 49.2 Å². The molecule has 1 unspecified atom stereocenters. The number of pyridine rings is 2. The maximum Gasteiger partial charge on any atom is 0.270 e. The minimum absolute atomic E-state index is 0.101. The van der Waals surface area contributed by atoms with Gasteiger partial charge in [-0.3, -0.25) is 18.9 Å². The van der Waals surface area contributed by atoms with Gasteiger partial charge >= 0.3 is 0 Å². The Balaban J connectivity index is 1.12. The van der Waals surface area contributed by atoms with Crippen molar-refractivity contribution >= 4 is 17.2 Å². The first-order chi connectivity index (χ1) is 21.1. The number of rotatable bonds is 11. The molecule has 1 N–H and O–H groups in total. The largest absolute Gasteiger partial charge is 0.345 e. The van der Waals surface area contributed by atoms with Gasteiger partial charge in [0.05, 0.1) is 12.2 Å². The predicted molar refractivity (Wildman–Crippen MR) is 167 cm³/mol. The van der Waals surface area contributed by atoms with E-state index in [1.807, 2.05) is 10.6 Å². The van der Waals surface area contributed by atoms with Crippen LogP contribution in [0.3, 0.4) is 0 Å². The van der Waals surface area contributed by atoms with Gasteiger partial charge in [-0.2, -0.15) is 0 Å². The van der Waals surface area contributed by atoms with Gasteiger partial charge < -0.3 is 9.72 Å². The van der Waals surface area contributed by atoms with Crippen LogP contribution in [0.4, 0.5) is 0 Å². The van der Waals surface area contributed by atoms with E-state index in [0.29, 0.717) is 5.65 Å². The number of aromatic nitrogens is 4. The number of nitrogens with one attached hydrogen (secondary N) is 1. The van der Waals surface area contributed by atoms with Crippen LogP contribution in [0, 0.1) is 11.8 Å². The van der Waals surface area contributed by atoms with E-state index >= 15 is 0 Å². The van der Waals surface area contributed by atoms with Crippen molar-refractivity contribution in [2.75, 3.05) is 13.1 Å². The Kier molecular flexibility index (Phi) is 7.77. The number of nitrogens with zero attached hydrogens (tertiary/aromatic N) is 5. The van der Waals surface area contributed by atoms with E-state index in [2.05, 4.69) is 63.9 Å². The quantitative estimate of drug-likeness (QED) is 0.227. The van der Waals surface area contributed by atoms with E-state index in [0.717, 1.165) is 42.7 Å². The molecule has 0 aliphatic heterocycles. The zero-order valence-electron chi connectivity index (χ0n) is 24.4. The summed E-state index contributed by atoms with van der Waals surface area (Å²) in [6.45, 7) is 2.57. The highest BCUT2D eigenvalue weighted by Gasteiger charge is 2.30. The van der Waals surface area contributed by atoms with Crippen molar-refractivity contribution in [2.45, 2.75) is 57.5 Å². The number of hydrogen-bond donors (Lipinski definition) is 1. The van der Waals surface area contributed by atoms with E-state index in [1.54, 1.807) is 24.4 Å². The minimum Gasteiger partial charge on any atom is -0.345 e. The van der Waals surface area contributed by atoms with Gasteiger partial charge in [0.25, 0.3) is 11.5 Å². The third kappa shape index (κ3) is 6.11. The number of amides is 1. The summed E-state index contributed by atoms with van der Waals surface area (Å²) in [6.07, 6.45) is 14.8. The third-order valence-corrected chi connectivity index (χ3v) is 9.30. The van der Waals surface area contributed by atoms with Gasteiger partial charge in [-0.05, 0) is 79.3 Å². The molecule has 0 radical (unpaired) electrons. The topological polar surface area (TPSA) is 84.0 Å². The van der Waals surface area contributed by atoms with Gasteiger partial charge in [0.15, 0.2) is 0 Å². The monoisotopic (exact) mass is 574 g/mol. The third-order valence-electron chi connectivity index (χ3n) is 9.30. The maximum absolute atomic E-state index is 12.9. The molecule has 2 aliphatic rings. The van der Waals surface area contributed by atoms with Crippen molar-refractivity contribution in [3.8, 4) is 0 Å². The summed E-state index contributed by atoms with van der Waals surface area (Å²) in [5.41, 5.74) is 4.52. The summed E-state index contributed by atoms with van der Waals surface area (Å²) in [6, 6.07) is 22.1. The Morgan fingerprint density at radius 3 is 2.35 bits per heavy atom. The minimum atomic E-state index is -0.397. The number of imidazole rings is 1. The van der Waals surface area contributed by atoms with E-state index in [1.165, 1.54) is 60.1 Å². The fraction of sp³-hybridized carbons (Fsp3) is 0.371. The summed E-state index contributed by atoms with van der Waals surface area (Å²) >= 11 is 0. The Morgan fingerprint density at radius 2 is 1.63 bits per heavy atom. The van der Waals surface area contributed by atoms with Crippen LogP contribution in [-0.2, 0) is 13.0 Å². The van der Waals surface area contributed by atoms with Crippen LogP contribution in [0.25, 0.3) is 11.3 Å². The fourth-order valence-corrected chi connectivity index (χ4v) is 6.41. The highest BCUT2D eigenvalue weighted by molar-refractivity contribution is 5.92. The summed E-state index contributed by atoms with van der Waals surface area (Å²) in [5, 5.41) is 2.89. The smallest absolute Gasteiger partial charge is 0.270 e. The molecule has 5 aromatic rings. The lowest BCUT2D eigenvalue weighted by molar-refractivity contribution is 0.0912. The SMILES string of the molecule is O=C(NCc1cn2ccc(C(Cc3ccccc3)N(CC3CCC3)CC3CCC3)cc2n1)c1cc(=O)n2ccccc2n1. The summed E-state index contributed by atoms with van der Waals surface area (Å²) in [7, 11) is 0. The fourth-order valence-electron chi connectivity index (χ4n) is 6.41. The molecule has 1 amide bonds. The lowest BCUT2D eigenvalue weighted by Crippen LogP contribution is -2.41. The van der Waals surface area contributed by atoms with Gasteiger partial charge in [0, 0.05) is 43.8 Å². The number of benzene rings is 1. The standard InChI is InChI=1S/C35H38N6O2/c42-34-20-30(38-32-14-4-5-16-41(32)34)35(43)36-21-29-24-39-17-15-28(19-33(39)37-29)31(18-25-8-2-1-3-9-25)40(22-26-10-6-11-26)23-27-12-7-13-27/h1-5,8-9,14-17,19-20,24,26-27,31H,6-7,10-13,18,21-23H2,(H,36,43). The number of fused-ring (bicyclic) bond motifs is 2. The normalized spacial score (nSPS) is 16.3. The van der Waals surface area contributed by atoms with Gasteiger partial charge in [0.2, 0.25) is 0 Å². The van der Waals surface area contributed by atoms with Crippen LogP contribution in [0.15, 0.2) is 90.1 Å². The molecule has 2 fully saturated rings. The lowest BCUT2D eigenvalue weighted by atomic mass is 9.81. The van der Waals surface area contributed by atoms with Crippen molar-refractivity contribution in [3.63, 3.8) is 0 Å². The maximum atomic E-state index is 12.9. The van der Waals surface area contributed by atoms with E-state index < -0.39 is 5.91 Å². The highest BCUT2D eigenvalue weighted by Crippen LogP contribution is 2.36. The van der Waals surface area contributed by atoms with Crippen molar-refractivity contribution in [1.29, 1.82) is 0 Å². The van der Waals surface area contributed by atoms with Crippen LogP contribution in [0.2, 0.25) is 0 Å². The summed E-state index contributed by atoms with van der Waals surface area (Å²) in [4.78, 5) is 37.3. The van der Waals surface area contributed by atoms with Crippen LogP contribution in [0.5, 0.6) is 0 Å². The Morgan fingerprint density at radius 1 is 0.884 bits per heavy atom. The molecule has 0 saturated heterocycles. The number of carbonyl (C=O) groups is 1. The molecule has 43 heavy (non-hydrogen) atoms. The van der Waals surface area contributed by atoms with Gasteiger partial charge in [-0.25, -0.2) is 9.97 Å². The first kappa shape index (κ1) is 27.5. The van der Waals surface area contributed by atoms with Crippen molar-refractivity contribution in [2.24, 2.45) is 11.8 Å². The van der Waals surface area contributed by atoms with Gasteiger partial charge in [-0.15, -0.1) is 0 Å². The molecule has 4 heterocycles. The molecule has 8 nitrogen and oxygen atoms in total. The number of hydrogen-bond acceptors (Lipinski definition) is 5. The molecule has 7 rings (SSSR count). The second-order valence-corrected chi connectivity index (χ2v) is 12.3. The summed E-state index contributed by atoms with van der Waals surface area (Å²) < 4.78 is 3.44. The number of carbonyl (C=O) groups excluding carboxylic acids is 1. The second kappa shape index (κ2) is 12.1. The molecule has 1 atom stereocenters. The molecule has 1 aromatic carbocycles. The molecule has 2 saturated carbocycles. The van der Waals surface area contributed by atoms with Crippen LogP contribution in [0.1, 0.15) is 71.9 Å². The van der Waals surface area contributed by atoms with E-state index in [9.17, 15) is 9.59 Å². The predicted octanol–water partition coefficient (Wildman–Crippen LogP) is 5.46. The lowest BCUT2D eigenvalue weighted by Gasteiger charge is -2.41. The van der Waals surface area contributed by atoms with E-state index in [-0.39, 0.29) is 23.8 Å². The van der Waals surface area contributed by atoms with Crippen molar-refractivity contribution in [1.82, 2.24) is 29.0 Å². The molecule has 0 bridgehead atoms. The van der Waals surface area contributed by atoms with E-state index in [4.69, 9.17) is 4.98 Å². The molecule has 4 aromatic heterocycles. The first-order valence-electron chi connectivity index (χ1n) is 15.6. The zero-order valence-corrected chi connectivity index (χ0v) is 24.4. The van der Waals surface area contributed by atoms with Crippen LogP contribution in [-0.4, -0.2) is 42.7 Å². The molecule has 220 valence electrons. The average molecular weight is 575 g/mol. The zero-order chi connectivity index (χ0) is 29.2. The average Bonchev–Trinajstić information content (AvgIpc) is 3.40. The van der Waals surface area contributed by atoms with Crippen LogP contribution >= 0.6 is 0 Å². The van der Waals surface area contributed by atoms with Crippen LogP contribution < -0.4 is 10.9 Å². The molecular formula is C35H38N6O2. The second-order valence-electron chi connectivity index (χ2n) is 12.3. The highest BCUT2D eigenvalue weighted by atomic mass is 16.2. The molecule has 2 aliphatic carbocycles. The van der Waals surface area contributed by atoms with Crippen molar-refractivity contribution in [3.05, 3.63) is 118 Å². The summed E-state index contributed by atoms with van der Waals surface area (Å²) in [5.74, 6) is 1.21. The molecule has 8 heteroatoms.